The Hall–Kier alpha value is -2.24. The zero-order valence-corrected chi connectivity index (χ0v) is 12.8. The van der Waals surface area contributed by atoms with E-state index in [0.717, 1.165) is 0 Å². The van der Waals surface area contributed by atoms with Crippen molar-refractivity contribution in [3.05, 3.63) is 24.3 Å². The van der Waals surface area contributed by atoms with E-state index in [1.165, 1.54) is 4.90 Å². The van der Waals surface area contributed by atoms with Crippen molar-refractivity contribution in [3.8, 4) is 5.75 Å². The number of carbonyl (C=O) groups is 2. The fourth-order valence-electron chi connectivity index (χ4n) is 1.86. The molecule has 0 aliphatic carbocycles. The summed E-state index contributed by atoms with van der Waals surface area (Å²) in [6, 6.07) is 5.60. The summed E-state index contributed by atoms with van der Waals surface area (Å²) in [5.74, 6) is -0.159. The molecule has 1 atom stereocenters. The first-order valence-corrected chi connectivity index (χ1v) is 6.76. The van der Waals surface area contributed by atoms with Crippen molar-refractivity contribution in [2.24, 2.45) is 5.92 Å². The van der Waals surface area contributed by atoms with Gasteiger partial charge in [-0.05, 0) is 36.6 Å². The second kappa shape index (κ2) is 7.52. The fraction of sp³-hybridized carbons (Fsp3) is 0.467. The van der Waals surface area contributed by atoms with E-state index in [0.29, 0.717) is 17.9 Å². The van der Waals surface area contributed by atoms with Crippen LogP contribution in [-0.2, 0) is 4.79 Å². The van der Waals surface area contributed by atoms with E-state index in [1.807, 2.05) is 13.8 Å². The minimum absolute atomic E-state index is 0.178. The predicted octanol–water partition coefficient (Wildman–Crippen LogP) is 2.34. The molecule has 0 saturated heterocycles. The Morgan fingerprint density at radius 2 is 1.86 bits per heavy atom. The van der Waals surface area contributed by atoms with E-state index in [-0.39, 0.29) is 5.92 Å². The lowest BCUT2D eigenvalue weighted by atomic mass is 10.0. The van der Waals surface area contributed by atoms with Crippen LogP contribution in [0.15, 0.2) is 24.3 Å². The maximum absolute atomic E-state index is 12.1. The van der Waals surface area contributed by atoms with Gasteiger partial charge >= 0.3 is 12.0 Å². The molecule has 1 aromatic rings. The van der Waals surface area contributed by atoms with Crippen molar-refractivity contribution in [3.63, 3.8) is 0 Å². The normalized spacial score (nSPS) is 11.9. The van der Waals surface area contributed by atoms with Gasteiger partial charge in [0.15, 0.2) is 0 Å². The molecular formula is C15H22N2O4. The molecule has 0 aliphatic heterocycles. The van der Waals surface area contributed by atoms with Crippen molar-refractivity contribution in [2.45, 2.75) is 26.3 Å². The number of hydrogen-bond donors (Lipinski definition) is 2. The number of methoxy groups -OCH3 is 1. The number of anilines is 1. The van der Waals surface area contributed by atoms with Crippen LogP contribution in [0.1, 0.15) is 20.3 Å². The first-order chi connectivity index (χ1) is 9.85. The molecule has 0 spiro atoms. The Morgan fingerprint density at radius 3 is 2.29 bits per heavy atom. The molecular weight excluding hydrogens is 272 g/mol. The maximum Gasteiger partial charge on any atom is 0.326 e. The zero-order valence-electron chi connectivity index (χ0n) is 12.8. The van der Waals surface area contributed by atoms with Crippen LogP contribution in [0.3, 0.4) is 0 Å². The highest BCUT2D eigenvalue weighted by molar-refractivity contribution is 5.94. The molecule has 1 rings (SSSR count). The minimum Gasteiger partial charge on any atom is -0.497 e. The first-order valence-electron chi connectivity index (χ1n) is 6.76. The van der Waals surface area contributed by atoms with Crippen molar-refractivity contribution in [1.82, 2.24) is 5.32 Å². The van der Waals surface area contributed by atoms with Gasteiger partial charge in [-0.1, -0.05) is 13.8 Å². The summed E-state index contributed by atoms with van der Waals surface area (Å²) in [5, 5.41) is 11.7. The predicted molar refractivity (Wildman–Crippen MR) is 80.8 cm³/mol. The number of hydrogen-bond acceptors (Lipinski definition) is 3. The average molecular weight is 294 g/mol. The Labute approximate surface area is 124 Å². The molecule has 0 aromatic heterocycles. The molecule has 6 nitrogen and oxygen atoms in total. The van der Waals surface area contributed by atoms with E-state index in [4.69, 9.17) is 9.84 Å². The number of rotatable bonds is 6. The fourth-order valence-corrected chi connectivity index (χ4v) is 1.86. The lowest BCUT2D eigenvalue weighted by Crippen LogP contribution is -2.47. The van der Waals surface area contributed by atoms with Crippen LogP contribution in [0.25, 0.3) is 0 Å². The van der Waals surface area contributed by atoms with Gasteiger partial charge in [-0.25, -0.2) is 9.59 Å². The van der Waals surface area contributed by atoms with Crippen LogP contribution in [-0.4, -0.2) is 37.3 Å². The lowest BCUT2D eigenvalue weighted by Gasteiger charge is -2.22. The summed E-state index contributed by atoms with van der Waals surface area (Å²) in [6.07, 6.45) is 0.386. The summed E-state index contributed by atoms with van der Waals surface area (Å²) in [7, 11) is 3.15. The number of aliphatic carboxylic acids is 1. The number of carbonyl (C=O) groups excluding carboxylic acids is 1. The smallest absolute Gasteiger partial charge is 0.326 e. The summed E-state index contributed by atoms with van der Waals surface area (Å²) in [6.45, 7) is 3.82. The lowest BCUT2D eigenvalue weighted by molar-refractivity contribution is -0.139. The molecule has 0 radical (unpaired) electrons. The van der Waals surface area contributed by atoms with Gasteiger partial charge in [0, 0.05) is 12.7 Å². The van der Waals surface area contributed by atoms with Gasteiger partial charge in [-0.3, -0.25) is 4.90 Å². The molecule has 2 N–H and O–H groups in total. The molecule has 0 saturated carbocycles. The molecule has 0 unspecified atom stereocenters. The topological polar surface area (TPSA) is 78.9 Å². The largest absolute Gasteiger partial charge is 0.497 e. The quantitative estimate of drug-likeness (QED) is 0.844. The summed E-state index contributed by atoms with van der Waals surface area (Å²) >= 11 is 0. The SMILES string of the molecule is COc1ccc(N(C)C(=O)N[C@H](CC(C)C)C(=O)O)cc1. The third kappa shape index (κ3) is 4.98. The van der Waals surface area contributed by atoms with Crippen molar-refractivity contribution >= 4 is 17.7 Å². The van der Waals surface area contributed by atoms with E-state index >= 15 is 0 Å². The number of urea groups is 1. The second-order valence-electron chi connectivity index (χ2n) is 5.23. The zero-order chi connectivity index (χ0) is 16.0. The molecule has 0 aliphatic rings. The average Bonchev–Trinajstić information content (AvgIpc) is 2.45. The number of benzene rings is 1. The Kier molecular flexibility index (Phi) is 6.02. The van der Waals surface area contributed by atoms with Gasteiger partial charge in [0.05, 0.1) is 7.11 Å². The Balaban J connectivity index is 2.73. The highest BCUT2D eigenvalue weighted by atomic mass is 16.5. The van der Waals surface area contributed by atoms with Crippen LogP contribution in [0.4, 0.5) is 10.5 Å². The van der Waals surface area contributed by atoms with Gasteiger partial charge in [0.25, 0.3) is 0 Å². The van der Waals surface area contributed by atoms with E-state index < -0.39 is 18.0 Å². The Morgan fingerprint density at radius 1 is 1.29 bits per heavy atom. The van der Waals surface area contributed by atoms with Crippen molar-refractivity contribution in [2.75, 3.05) is 19.1 Å². The molecule has 21 heavy (non-hydrogen) atoms. The van der Waals surface area contributed by atoms with E-state index in [1.54, 1.807) is 38.4 Å². The molecule has 116 valence electrons. The van der Waals surface area contributed by atoms with Gasteiger partial charge in [-0.15, -0.1) is 0 Å². The van der Waals surface area contributed by atoms with Crippen molar-refractivity contribution in [1.29, 1.82) is 0 Å². The van der Waals surface area contributed by atoms with Crippen LogP contribution in [0, 0.1) is 5.92 Å². The Bertz CT molecular complexity index is 485. The van der Waals surface area contributed by atoms with Crippen LogP contribution in [0.2, 0.25) is 0 Å². The number of carboxylic acid groups (broad SMARTS) is 1. The van der Waals surface area contributed by atoms with Gasteiger partial charge in [-0.2, -0.15) is 0 Å². The minimum atomic E-state index is -1.03. The van der Waals surface area contributed by atoms with E-state index in [9.17, 15) is 9.59 Å². The first kappa shape index (κ1) is 16.8. The van der Waals surface area contributed by atoms with Crippen molar-refractivity contribution < 1.29 is 19.4 Å². The number of amides is 2. The molecule has 6 heteroatoms. The molecule has 0 heterocycles. The molecule has 1 aromatic carbocycles. The van der Waals surface area contributed by atoms with Gasteiger partial charge in [0.2, 0.25) is 0 Å². The summed E-state index contributed by atoms with van der Waals surface area (Å²) in [5.41, 5.74) is 0.655. The highest BCUT2D eigenvalue weighted by Gasteiger charge is 2.23. The van der Waals surface area contributed by atoms with Gasteiger partial charge in [0.1, 0.15) is 11.8 Å². The number of ether oxygens (including phenoxy) is 1. The third-order valence-corrected chi connectivity index (χ3v) is 3.07. The van der Waals surface area contributed by atoms with Crippen LogP contribution < -0.4 is 15.0 Å². The van der Waals surface area contributed by atoms with E-state index in [2.05, 4.69) is 5.32 Å². The second-order valence-corrected chi connectivity index (χ2v) is 5.23. The number of carboxylic acids is 1. The van der Waals surface area contributed by atoms with Crippen LogP contribution in [0.5, 0.6) is 5.75 Å². The maximum atomic E-state index is 12.1. The molecule has 2 amide bonds. The van der Waals surface area contributed by atoms with Gasteiger partial charge < -0.3 is 15.2 Å². The molecule has 0 fully saturated rings. The van der Waals surface area contributed by atoms with Crippen LogP contribution >= 0.6 is 0 Å². The number of nitrogens with one attached hydrogen (secondary N) is 1. The monoisotopic (exact) mass is 294 g/mol. The summed E-state index contributed by atoms with van der Waals surface area (Å²) < 4.78 is 5.05. The summed E-state index contributed by atoms with van der Waals surface area (Å²) in [4.78, 5) is 24.6. The number of nitrogens with zero attached hydrogens (tertiary/aromatic N) is 1. The molecule has 0 bridgehead atoms. The highest BCUT2D eigenvalue weighted by Crippen LogP contribution is 2.18. The standard InChI is InChI=1S/C15H22N2O4/c1-10(2)9-13(14(18)19)16-15(20)17(3)11-5-7-12(21-4)8-6-11/h5-8,10,13H,9H2,1-4H3,(H,16,20)(H,18,19)/t13-/m1/s1. The third-order valence-electron chi connectivity index (χ3n) is 3.07.